The molecule has 0 aliphatic rings. The van der Waals surface area contributed by atoms with Gasteiger partial charge in [0, 0.05) is 13.0 Å². The van der Waals surface area contributed by atoms with Gasteiger partial charge in [0.1, 0.15) is 19.3 Å². The lowest BCUT2D eigenvalue weighted by Gasteiger charge is -2.24. The molecular weight excluding hydrogens is 902 g/mol. The number of phosphoric ester groups is 1. The van der Waals surface area contributed by atoms with Crippen LogP contribution in [0, 0.1) is 0 Å². The van der Waals surface area contributed by atoms with Crippen LogP contribution in [0.15, 0.2) is 72.9 Å². The number of unbranched alkanes of at least 4 members (excludes halogenated alkanes) is 29. The zero-order valence-corrected chi connectivity index (χ0v) is 48.1. The minimum absolute atomic E-state index is 0.0836. The SMILES string of the molecule is CC/C=C\C/C=C\C/C=C\C/C=C\C/C=C\C/C=C\CCCCCCCCC(=O)OC(COCCCCCCCCCCCCCCCCCCCCCCCCCC)COP(=O)(O)OCC[N+](C)(C)C. The lowest BCUT2D eigenvalue weighted by molar-refractivity contribution is -0.870. The summed E-state index contributed by atoms with van der Waals surface area (Å²) in [6.45, 7) is 5.53. The minimum atomic E-state index is -4.29. The number of allylic oxidation sites excluding steroid dienone is 12. The molecule has 9 heteroatoms. The first-order chi connectivity index (χ1) is 34.6. The van der Waals surface area contributed by atoms with E-state index >= 15 is 0 Å². The predicted molar refractivity (Wildman–Crippen MR) is 307 cm³/mol. The van der Waals surface area contributed by atoms with Crippen LogP contribution in [0.5, 0.6) is 0 Å². The maximum atomic E-state index is 12.8. The summed E-state index contributed by atoms with van der Waals surface area (Å²) in [7, 11) is 1.66. The number of rotatable bonds is 55. The molecule has 0 aromatic rings. The molecule has 2 unspecified atom stereocenters. The highest BCUT2D eigenvalue weighted by atomic mass is 31.2. The lowest BCUT2D eigenvalue weighted by atomic mass is 10.0. The van der Waals surface area contributed by atoms with E-state index < -0.39 is 13.9 Å². The summed E-state index contributed by atoms with van der Waals surface area (Å²) in [4.78, 5) is 23.1. The van der Waals surface area contributed by atoms with Crippen molar-refractivity contribution in [1.82, 2.24) is 0 Å². The van der Waals surface area contributed by atoms with Gasteiger partial charge in [-0.05, 0) is 64.2 Å². The third-order valence-electron chi connectivity index (χ3n) is 12.8. The maximum absolute atomic E-state index is 12.8. The second-order valence-electron chi connectivity index (χ2n) is 21.0. The van der Waals surface area contributed by atoms with Crippen molar-refractivity contribution in [3.63, 3.8) is 0 Å². The summed E-state index contributed by atoms with van der Waals surface area (Å²) in [5.74, 6) is -0.326. The number of hydrogen-bond donors (Lipinski definition) is 1. The van der Waals surface area contributed by atoms with Gasteiger partial charge in [-0.2, -0.15) is 0 Å². The monoisotopic (exact) mass is 1020 g/mol. The van der Waals surface area contributed by atoms with Crippen LogP contribution in [0.25, 0.3) is 0 Å². The lowest BCUT2D eigenvalue weighted by Crippen LogP contribution is -2.37. The Balaban J connectivity index is 4.10. The maximum Gasteiger partial charge on any atom is 0.472 e. The molecular formula is C62H115NO7P+. The van der Waals surface area contributed by atoms with E-state index in [0.29, 0.717) is 24.1 Å². The highest BCUT2D eigenvalue weighted by molar-refractivity contribution is 7.47. The number of hydrogen-bond acceptors (Lipinski definition) is 6. The first kappa shape index (κ1) is 68.9. The second kappa shape index (κ2) is 54.2. The van der Waals surface area contributed by atoms with Crippen LogP contribution in [0.2, 0.25) is 0 Å². The summed E-state index contributed by atoms with van der Waals surface area (Å²) >= 11 is 0. The number of likely N-dealkylation sites (N-methyl/N-ethyl adjacent to an activating group) is 1. The van der Waals surface area contributed by atoms with Gasteiger partial charge in [-0.3, -0.25) is 13.8 Å². The molecule has 414 valence electrons. The van der Waals surface area contributed by atoms with Gasteiger partial charge in [-0.15, -0.1) is 0 Å². The Morgan fingerprint density at radius 2 is 0.817 bits per heavy atom. The molecule has 0 spiro atoms. The molecule has 0 heterocycles. The van der Waals surface area contributed by atoms with Gasteiger partial charge >= 0.3 is 13.8 Å². The molecule has 71 heavy (non-hydrogen) atoms. The van der Waals surface area contributed by atoms with E-state index in [1.165, 1.54) is 154 Å². The van der Waals surface area contributed by atoms with E-state index in [1.54, 1.807) is 0 Å². The summed E-state index contributed by atoms with van der Waals surface area (Å²) in [5.41, 5.74) is 0. The van der Waals surface area contributed by atoms with E-state index in [-0.39, 0.29) is 25.8 Å². The topological polar surface area (TPSA) is 91.3 Å². The van der Waals surface area contributed by atoms with Gasteiger partial charge in [0.25, 0.3) is 0 Å². The zero-order chi connectivity index (χ0) is 51.9. The van der Waals surface area contributed by atoms with Gasteiger partial charge in [0.05, 0.1) is 34.4 Å². The Bertz CT molecular complexity index is 1370. The predicted octanol–water partition coefficient (Wildman–Crippen LogP) is 19.0. The largest absolute Gasteiger partial charge is 0.472 e. The molecule has 1 N–H and O–H groups in total. The van der Waals surface area contributed by atoms with Crippen LogP contribution in [-0.2, 0) is 27.9 Å². The van der Waals surface area contributed by atoms with E-state index in [0.717, 1.165) is 83.5 Å². The van der Waals surface area contributed by atoms with Crippen molar-refractivity contribution in [3.8, 4) is 0 Å². The smallest absolute Gasteiger partial charge is 0.457 e. The van der Waals surface area contributed by atoms with E-state index in [9.17, 15) is 14.3 Å². The zero-order valence-electron chi connectivity index (χ0n) is 47.2. The van der Waals surface area contributed by atoms with Crippen LogP contribution in [0.1, 0.15) is 258 Å². The summed E-state index contributed by atoms with van der Waals surface area (Å²) in [6.07, 6.45) is 72.6. The molecule has 0 aromatic carbocycles. The molecule has 0 aromatic heterocycles. The summed E-state index contributed by atoms with van der Waals surface area (Å²) in [6, 6.07) is 0. The first-order valence-corrected chi connectivity index (χ1v) is 31.2. The van der Waals surface area contributed by atoms with Gasteiger partial charge in [0.2, 0.25) is 0 Å². The highest BCUT2D eigenvalue weighted by Gasteiger charge is 2.26. The normalized spacial score (nSPS) is 13.9. The minimum Gasteiger partial charge on any atom is -0.457 e. The number of ether oxygens (including phenoxy) is 2. The molecule has 0 rings (SSSR count). The third kappa shape index (κ3) is 58.7. The first-order valence-electron chi connectivity index (χ1n) is 29.7. The highest BCUT2D eigenvalue weighted by Crippen LogP contribution is 2.43. The molecule has 0 saturated carbocycles. The van der Waals surface area contributed by atoms with Gasteiger partial charge < -0.3 is 18.9 Å². The number of nitrogens with zero attached hydrogens (tertiary/aromatic N) is 1. The third-order valence-corrected chi connectivity index (χ3v) is 13.8. The van der Waals surface area contributed by atoms with Crippen LogP contribution in [0.4, 0.5) is 0 Å². The van der Waals surface area contributed by atoms with Gasteiger partial charge in [-0.1, -0.05) is 260 Å². The summed E-state index contributed by atoms with van der Waals surface area (Å²) < 4.78 is 35.3. The molecule has 0 aliphatic heterocycles. The second-order valence-corrected chi connectivity index (χ2v) is 22.5. The van der Waals surface area contributed by atoms with Crippen LogP contribution >= 0.6 is 7.82 Å². The van der Waals surface area contributed by atoms with Crippen molar-refractivity contribution >= 4 is 13.8 Å². The Morgan fingerprint density at radius 3 is 1.23 bits per heavy atom. The molecule has 8 nitrogen and oxygen atoms in total. The Kier molecular flexibility index (Phi) is 52.6. The molecule has 0 radical (unpaired) electrons. The van der Waals surface area contributed by atoms with Crippen LogP contribution in [-0.4, -0.2) is 75.6 Å². The fourth-order valence-corrected chi connectivity index (χ4v) is 9.01. The molecule has 0 aliphatic carbocycles. The number of esters is 1. The van der Waals surface area contributed by atoms with Crippen molar-refractivity contribution in [2.24, 2.45) is 0 Å². The fraction of sp³-hybridized carbons (Fsp3) is 0.790. The van der Waals surface area contributed by atoms with Crippen molar-refractivity contribution in [1.29, 1.82) is 0 Å². The fourth-order valence-electron chi connectivity index (χ4n) is 8.27. The van der Waals surface area contributed by atoms with E-state index in [4.69, 9.17) is 18.5 Å². The van der Waals surface area contributed by atoms with Crippen molar-refractivity contribution < 1.29 is 37.3 Å². The van der Waals surface area contributed by atoms with Crippen molar-refractivity contribution in [3.05, 3.63) is 72.9 Å². The number of quaternary nitrogens is 1. The summed E-state index contributed by atoms with van der Waals surface area (Å²) in [5, 5.41) is 0. The number of carbonyl (C=O) groups excluding carboxylic acids is 1. The molecule has 0 amide bonds. The van der Waals surface area contributed by atoms with E-state index in [2.05, 4.69) is 86.8 Å². The Morgan fingerprint density at radius 1 is 0.451 bits per heavy atom. The number of phosphoric acid groups is 1. The standard InChI is InChI=1S/C62H114NO7P/c1-6-8-10-12-14-16-18-20-22-24-26-28-30-32-33-35-37-39-41-43-45-47-49-51-53-55-62(64)70-61(60-69-71(65,66)68-58-56-63(3,4)5)59-67-57-54-52-50-48-46-44-42-40-38-36-34-31-29-27-25-23-21-19-17-15-13-11-9-7-2/h8,10,14,16,20,22,26,28,32-33,37,39,61H,6-7,9,11-13,15,17-19,21,23-25,27,29-31,34-36,38,40-60H2,1-5H3/p+1/b10-8-,16-14-,22-20-,28-26-,33-32-,39-37-. The van der Waals surface area contributed by atoms with Crippen molar-refractivity contribution in [2.75, 3.05) is 54.1 Å². The quantitative estimate of drug-likeness (QED) is 0.0213. The van der Waals surface area contributed by atoms with E-state index in [1.807, 2.05) is 21.1 Å². The van der Waals surface area contributed by atoms with Crippen LogP contribution < -0.4 is 0 Å². The number of carbonyl (C=O) groups is 1. The molecule has 2 atom stereocenters. The molecule has 0 bridgehead atoms. The van der Waals surface area contributed by atoms with Gasteiger partial charge in [0.15, 0.2) is 0 Å². The molecule has 0 saturated heterocycles. The average Bonchev–Trinajstić information content (AvgIpc) is 3.33. The van der Waals surface area contributed by atoms with Gasteiger partial charge in [-0.25, -0.2) is 4.57 Å². The van der Waals surface area contributed by atoms with Crippen LogP contribution in [0.3, 0.4) is 0 Å². The van der Waals surface area contributed by atoms with Crippen molar-refractivity contribution in [2.45, 2.75) is 264 Å². The Labute approximate surface area is 440 Å². The Hall–Kier alpha value is -2.06. The molecule has 0 fully saturated rings. The average molecular weight is 1020 g/mol.